The number of carbonyl (C=O) groups is 2. The number of Topliss-reactive ketones (excluding diaryl/α,β-unsaturated/α-hetero) is 1. The van der Waals surface area contributed by atoms with Crippen molar-refractivity contribution < 1.29 is 14.3 Å². The van der Waals surface area contributed by atoms with E-state index in [1.165, 1.54) is 0 Å². The second-order valence-electron chi connectivity index (χ2n) is 7.70. The van der Waals surface area contributed by atoms with Crippen molar-refractivity contribution in [3.8, 4) is 5.75 Å². The van der Waals surface area contributed by atoms with Crippen LogP contribution in [0.2, 0.25) is 0 Å². The van der Waals surface area contributed by atoms with Crippen LogP contribution in [0.3, 0.4) is 0 Å². The summed E-state index contributed by atoms with van der Waals surface area (Å²) >= 11 is 0. The molecule has 0 unspecified atom stereocenters. The molecule has 0 fully saturated rings. The van der Waals surface area contributed by atoms with Crippen LogP contribution in [0.1, 0.15) is 41.0 Å². The average Bonchev–Trinajstić information content (AvgIpc) is 2.69. The van der Waals surface area contributed by atoms with Gasteiger partial charge in [0.25, 0.3) is 5.91 Å². The number of rotatable bonds is 4. The number of fused-ring (bicyclic) bond motifs is 1. The Morgan fingerprint density at radius 2 is 1.55 bits per heavy atom. The number of benzene rings is 3. The minimum Gasteiger partial charge on any atom is -0.487 e. The van der Waals surface area contributed by atoms with Gasteiger partial charge in [0.2, 0.25) is 0 Å². The molecule has 0 aromatic heterocycles. The number of carbonyl (C=O) groups excluding carboxylic acids is 2. The Labute approximate surface area is 169 Å². The lowest BCUT2D eigenvalue weighted by molar-refractivity contribution is 0.0620. The molecule has 1 aliphatic rings. The van der Waals surface area contributed by atoms with Crippen LogP contribution >= 0.6 is 0 Å². The van der Waals surface area contributed by atoms with Crippen LogP contribution in [0.15, 0.2) is 72.8 Å². The first-order valence-electron chi connectivity index (χ1n) is 9.49. The SMILES string of the molecule is CC1(C)CC(=O)c2cc(C(=O)Nc3ccc(Nc4ccccc4)cc3)ccc2O1. The fraction of sp³-hybridized carbons (Fsp3) is 0.167. The number of ether oxygens (including phenoxy) is 1. The molecule has 1 amide bonds. The lowest BCUT2D eigenvalue weighted by Crippen LogP contribution is -2.36. The van der Waals surface area contributed by atoms with Gasteiger partial charge in [0, 0.05) is 22.6 Å². The lowest BCUT2D eigenvalue weighted by atomic mass is 9.92. The van der Waals surface area contributed by atoms with Crippen molar-refractivity contribution in [3.63, 3.8) is 0 Å². The van der Waals surface area contributed by atoms with Gasteiger partial charge in [-0.2, -0.15) is 0 Å². The molecule has 146 valence electrons. The summed E-state index contributed by atoms with van der Waals surface area (Å²) in [4.78, 5) is 25.0. The van der Waals surface area contributed by atoms with Crippen LogP contribution in [-0.2, 0) is 0 Å². The molecule has 3 aromatic carbocycles. The average molecular weight is 386 g/mol. The van der Waals surface area contributed by atoms with Crippen molar-refractivity contribution in [1.29, 1.82) is 0 Å². The first kappa shape index (κ1) is 18.7. The van der Waals surface area contributed by atoms with E-state index < -0.39 is 5.60 Å². The number of ketones is 1. The Morgan fingerprint density at radius 3 is 2.28 bits per heavy atom. The molecule has 0 saturated heterocycles. The third-order valence-electron chi connectivity index (χ3n) is 4.72. The van der Waals surface area contributed by atoms with E-state index in [0.717, 1.165) is 11.4 Å². The summed E-state index contributed by atoms with van der Waals surface area (Å²) in [6, 6.07) is 22.3. The van der Waals surface area contributed by atoms with Crippen molar-refractivity contribution in [2.75, 3.05) is 10.6 Å². The summed E-state index contributed by atoms with van der Waals surface area (Å²) in [5, 5.41) is 6.17. The van der Waals surface area contributed by atoms with Crippen LogP contribution in [0, 0.1) is 0 Å². The molecule has 0 spiro atoms. The van der Waals surface area contributed by atoms with Gasteiger partial charge in [0.1, 0.15) is 11.4 Å². The number of hydrogen-bond acceptors (Lipinski definition) is 4. The zero-order valence-corrected chi connectivity index (χ0v) is 16.4. The Bertz CT molecular complexity index is 1060. The first-order chi connectivity index (χ1) is 13.9. The molecule has 5 nitrogen and oxygen atoms in total. The first-order valence-corrected chi connectivity index (χ1v) is 9.49. The van der Waals surface area contributed by atoms with E-state index in [-0.39, 0.29) is 11.7 Å². The second-order valence-corrected chi connectivity index (χ2v) is 7.70. The molecular formula is C24H22N2O3. The normalized spacial score (nSPS) is 14.5. The van der Waals surface area contributed by atoms with Crippen LogP contribution in [0.25, 0.3) is 0 Å². The summed E-state index contributed by atoms with van der Waals surface area (Å²) < 4.78 is 5.85. The van der Waals surface area contributed by atoms with Gasteiger partial charge in [0.05, 0.1) is 12.0 Å². The molecule has 2 N–H and O–H groups in total. The fourth-order valence-corrected chi connectivity index (χ4v) is 3.32. The Morgan fingerprint density at radius 1 is 0.897 bits per heavy atom. The van der Waals surface area contributed by atoms with Gasteiger partial charge in [0.15, 0.2) is 5.78 Å². The number of anilines is 3. The molecular weight excluding hydrogens is 364 g/mol. The Hall–Kier alpha value is -3.60. The van der Waals surface area contributed by atoms with E-state index in [2.05, 4.69) is 10.6 Å². The lowest BCUT2D eigenvalue weighted by Gasteiger charge is -2.31. The van der Waals surface area contributed by atoms with E-state index in [9.17, 15) is 9.59 Å². The third-order valence-corrected chi connectivity index (χ3v) is 4.72. The van der Waals surface area contributed by atoms with E-state index in [0.29, 0.717) is 29.0 Å². The Kier molecular flexibility index (Phi) is 4.80. The minimum atomic E-state index is -0.524. The van der Waals surface area contributed by atoms with E-state index in [1.807, 2.05) is 68.4 Å². The predicted molar refractivity (Wildman–Crippen MR) is 114 cm³/mol. The highest BCUT2D eigenvalue weighted by Gasteiger charge is 2.32. The molecule has 3 aromatic rings. The summed E-state index contributed by atoms with van der Waals surface area (Å²) in [6.07, 6.45) is 0.293. The fourth-order valence-electron chi connectivity index (χ4n) is 3.32. The van der Waals surface area contributed by atoms with Crippen LogP contribution in [-0.4, -0.2) is 17.3 Å². The van der Waals surface area contributed by atoms with Gasteiger partial charge in [-0.05, 0) is 68.4 Å². The van der Waals surface area contributed by atoms with Crippen LogP contribution < -0.4 is 15.4 Å². The van der Waals surface area contributed by atoms with Gasteiger partial charge < -0.3 is 15.4 Å². The molecule has 4 rings (SSSR count). The van der Waals surface area contributed by atoms with E-state index in [1.54, 1.807) is 18.2 Å². The molecule has 0 aliphatic carbocycles. The quantitative estimate of drug-likeness (QED) is 0.628. The molecule has 0 saturated carbocycles. The molecule has 29 heavy (non-hydrogen) atoms. The third kappa shape index (κ3) is 4.29. The van der Waals surface area contributed by atoms with E-state index >= 15 is 0 Å². The summed E-state index contributed by atoms with van der Waals surface area (Å²) in [6.45, 7) is 3.76. The van der Waals surface area contributed by atoms with Crippen LogP contribution in [0.5, 0.6) is 5.75 Å². The molecule has 1 heterocycles. The van der Waals surface area contributed by atoms with Crippen molar-refractivity contribution in [2.24, 2.45) is 0 Å². The summed E-state index contributed by atoms with van der Waals surface area (Å²) in [5.41, 5.74) is 2.95. The summed E-state index contributed by atoms with van der Waals surface area (Å²) in [7, 11) is 0. The standard InChI is InChI=1S/C24H22N2O3/c1-24(2)15-21(27)20-14-16(8-13-22(20)29-24)23(28)26-19-11-9-18(10-12-19)25-17-6-4-3-5-7-17/h3-14,25H,15H2,1-2H3,(H,26,28). The van der Waals surface area contributed by atoms with Gasteiger partial charge >= 0.3 is 0 Å². The molecule has 0 atom stereocenters. The van der Waals surface area contributed by atoms with Crippen molar-refractivity contribution in [1.82, 2.24) is 0 Å². The van der Waals surface area contributed by atoms with Crippen molar-refractivity contribution in [2.45, 2.75) is 25.9 Å². The Balaban J connectivity index is 1.46. The summed E-state index contributed by atoms with van der Waals surface area (Å²) in [5.74, 6) is 0.246. The maximum atomic E-state index is 12.6. The smallest absolute Gasteiger partial charge is 0.255 e. The highest BCUT2D eigenvalue weighted by atomic mass is 16.5. The second kappa shape index (κ2) is 7.43. The minimum absolute atomic E-state index is 0.0118. The van der Waals surface area contributed by atoms with Gasteiger partial charge in [-0.25, -0.2) is 0 Å². The van der Waals surface area contributed by atoms with E-state index in [4.69, 9.17) is 4.74 Å². The molecule has 0 radical (unpaired) electrons. The maximum Gasteiger partial charge on any atom is 0.255 e. The van der Waals surface area contributed by atoms with Crippen molar-refractivity contribution >= 4 is 28.8 Å². The highest BCUT2D eigenvalue weighted by Crippen LogP contribution is 2.33. The number of hydrogen-bond donors (Lipinski definition) is 2. The van der Waals surface area contributed by atoms with Crippen LogP contribution in [0.4, 0.5) is 17.1 Å². The zero-order chi connectivity index (χ0) is 20.4. The largest absolute Gasteiger partial charge is 0.487 e. The van der Waals surface area contributed by atoms with Gasteiger partial charge in [-0.15, -0.1) is 0 Å². The monoisotopic (exact) mass is 386 g/mol. The highest BCUT2D eigenvalue weighted by molar-refractivity contribution is 6.07. The topological polar surface area (TPSA) is 67.4 Å². The zero-order valence-electron chi connectivity index (χ0n) is 16.4. The number of amides is 1. The molecule has 0 bridgehead atoms. The van der Waals surface area contributed by atoms with Gasteiger partial charge in [-0.3, -0.25) is 9.59 Å². The predicted octanol–water partition coefficient (Wildman–Crippen LogP) is 5.43. The van der Waals surface area contributed by atoms with Gasteiger partial charge in [-0.1, -0.05) is 18.2 Å². The molecule has 1 aliphatic heterocycles. The number of para-hydroxylation sites is 1. The number of nitrogens with one attached hydrogen (secondary N) is 2. The van der Waals surface area contributed by atoms with Crippen molar-refractivity contribution in [3.05, 3.63) is 83.9 Å². The molecule has 5 heteroatoms. The maximum absolute atomic E-state index is 12.6.